The molecule has 2 aromatic rings. The minimum atomic E-state index is -0.110. The molecule has 0 aliphatic heterocycles. The largest absolute Gasteiger partial charge is 0.356 e. The number of aryl methyl sites for hydroxylation is 2. The van der Waals surface area contributed by atoms with E-state index in [0.717, 1.165) is 43.8 Å². The zero-order valence-electron chi connectivity index (χ0n) is 14.9. The lowest BCUT2D eigenvalue weighted by molar-refractivity contribution is 0.559. The Morgan fingerprint density at radius 1 is 1.32 bits per heavy atom. The smallest absolute Gasteiger partial charge is 0.191 e. The summed E-state index contributed by atoms with van der Waals surface area (Å²) in [5.74, 6) is 0.662. The number of benzene rings is 1. The van der Waals surface area contributed by atoms with Crippen LogP contribution in [0, 0.1) is 5.82 Å². The molecule has 1 aromatic heterocycles. The van der Waals surface area contributed by atoms with Crippen molar-refractivity contribution in [2.45, 2.75) is 31.1 Å². The van der Waals surface area contributed by atoms with E-state index >= 15 is 0 Å². The van der Waals surface area contributed by atoms with E-state index in [-0.39, 0.29) is 11.2 Å². The molecule has 1 aromatic carbocycles. The van der Waals surface area contributed by atoms with E-state index in [2.05, 4.69) is 20.7 Å². The molecule has 1 saturated carbocycles. The van der Waals surface area contributed by atoms with Crippen molar-refractivity contribution >= 4 is 5.96 Å². The molecule has 1 fully saturated rings. The highest BCUT2D eigenvalue weighted by Gasteiger charge is 2.45. The second-order valence-electron chi connectivity index (χ2n) is 6.74. The van der Waals surface area contributed by atoms with E-state index in [9.17, 15) is 4.39 Å². The van der Waals surface area contributed by atoms with Crippen molar-refractivity contribution in [3.05, 3.63) is 53.6 Å². The first-order valence-corrected chi connectivity index (χ1v) is 8.80. The minimum Gasteiger partial charge on any atom is -0.356 e. The summed E-state index contributed by atoms with van der Waals surface area (Å²) in [6.07, 6.45) is 7.95. The molecule has 3 rings (SSSR count). The first-order valence-electron chi connectivity index (χ1n) is 8.80. The Labute approximate surface area is 148 Å². The van der Waals surface area contributed by atoms with Gasteiger partial charge in [-0.25, -0.2) is 4.39 Å². The van der Waals surface area contributed by atoms with E-state index in [1.165, 1.54) is 5.56 Å². The van der Waals surface area contributed by atoms with Crippen LogP contribution in [0.1, 0.15) is 30.4 Å². The van der Waals surface area contributed by atoms with Gasteiger partial charge in [-0.2, -0.15) is 5.10 Å². The molecule has 134 valence electrons. The summed E-state index contributed by atoms with van der Waals surface area (Å²) in [7, 11) is 3.69. The van der Waals surface area contributed by atoms with Crippen LogP contribution in [0.3, 0.4) is 0 Å². The van der Waals surface area contributed by atoms with Gasteiger partial charge in [0.05, 0.1) is 6.20 Å². The number of nitrogens with zero attached hydrogens (tertiary/aromatic N) is 3. The standard InChI is InChI=1S/C19H26FN5/c1-21-18(22-11-5-6-15-12-24-25(2)13-15)23-14-19(9-10-19)16-7-3-4-8-17(16)20/h3-4,7-8,12-13H,5-6,9-11,14H2,1-2H3,(H2,21,22,23). The maximum atomic E-state index is 14.1. The Bertz CT molecular complexity index is 733. The average Bonchev–Trinajstić information content (AvgIpc) is 3.29. The molecule has 2 N–H and O–H groups in total. The second kappa shape index (κ2) is 7.68. The topological polar surface area (TPSA) is 54.2 Å². The Morgan fingerprint density at radius 2 is 2.12 bits per heavy atom. The Balaban J connectivity index is 1.44. The van der Waals surface area contributed by atoms with Crippen LogP contribution in [-0.2, 0) is 18.9 Å². The highest BCUT2D eigenvalue weighted by molar-refractivity contribution is 5.79. The zero-order chi connectivity index (χ0) is 17.7. The Kier molecular flexibility index (Phi) is 5.36. The van der Waals surface area contributed by atoms with Gasteiger partial charge in [-0.1, -0.05) is 18.2 Å². The van der Waals surface area contributed by atoms with Crippen molar-refractivity contribution in [1.29, 1.82) is 0 Å². The van der Waals surface area contributed by atoms with Crippen molar-refractivity contribution in [2.75, 3.05) is 20.1 Å². The number of halogens is 1. The summed E-state index contributed by atoms with van der Waals surface area (Å²) in [5, 5.41) is 10.9. The van der Waals surface area contributed by atoms with Crippen LogP contribution in [0.15, 0.2) is 41.7 Å². The summed E-state index contributed by atoms with van der Waals surface area (Å²) >= 11 is 0. The lowest BCUT2D eigenvalue weighted by Gasteiger charge is -2.19. The normalized spacial score (nSPS) is 15.9. The minimum absolute atomic E-state index is 0.0847. The van der Waals surface area contributed by atoms with Crippen molar-refractivity contribution < 1.29 is 4.39 Å². The maximum absolute atomic E-state index is 14.1. The van der Waals surface area contributed by atoms with E-state index in [1.807, 2.05) is 36.3 Å². The van der Waals surface area contributed by atoms with Gasteiger partial charge in [-0.3, -0.25) is 9.67 Å². The molecule has 0 unspecified atom stereocenters. The highest BCUT2D eigenvalue weighted by atomic mass is 19.1. The van der Waals surface area contributed by atoms with Gasteiger partial charge in [0.2, 0.25) is 0 Å². The van der Waals surface area contributed by atoms with E-state index < -0.39 is 0 Å². The van der Waals surface area contributed by atoms with Crippen LogP contribution in [-0.4, -0.2) is 35.9 Å². The van der Waals surface area contributed by atoms with Gasteiger partial charge in [0.25, 0.3) is 0 Å². The molecule has 5 nitrogen and oxygen atoms in total. The molecule has 25 heavy (non-hydrogen) atoms. The Morgan fingerprint density at radius 3 is 2.76 bits per heavy atom. The van der Waals surface area contributed by atoms with Crippen molar-refractivity contribution in [3.63, 3.8) is 0 Å². The molecule has 0 amide bonds. The monoisotopic (exact) mass is 343 g/mol. The van der Waals surface area contributed by atoms with Crippen LogP contribution in [0.2, 0.25) is 0 Å². The van der Waals surface area contributed by atoms with E-state index in [1.54, 1.807) is 19.2 Å². The van der Waals surface area contributed by atoms with Gasteiger partial charge >= 0.3 is 0 Å². The predicted molar refractivity (Wildman–Crippen MR) is 98.2 cm³/mol. The molecule has 0 bridgehead atoms. The van der Waals surface area contributed by atoms with E-state index in [0.29, 0.717) is 6.54 Å². The molecular formula is C19H26FN5. The number of aromatic nitrogens is 2. The molecule has 0 atom stereocenters. The fourth-order valence-electron chi connectivity index (χ4n) is 3.16. The molecule has 0 radical (unpaired) electrons. The lowest BCUT2D eigenvalue weighted by Crippen LogP contribution is -2.41. The molecular weight excluding hydrogens is 317 g/mol. The van der Waals surface area contributed by atoms with Crippen molar-refractivity contribution in [1.82, 2.24) is 20.4 Å². The molecule has 0 spiro atoms. The molecule has 0 saturated heterocycles. The quantitative estimate of drug-likeness (QED) is 0.461. The third-order valence-corrected chi connectivity index (χ3v) is 4.81. The fraction of sp³-hybridized carbons (Fsp3) is 0.474. The van der Waals surface area contributed by atoms with Gasteiger partial charge in [0, 0.05) is 38.8 Å². The average molecular weight is 343 g/mol. The third-order valence-electron chi connectivity index (χ3n) is 4.81. The predicted octanol–water partition coefficient (Wildman–Crippen LogP) is 2.39. The number of aliphatic imine (C=N–C) groups is 1. The summed E-state index contributed by atoms with van der Waals surface area (Å²) in [6, 6.07) is 7.09. The maximum Gasteiger partial charge on any atom is 0.191 e. The van der Waals surface area contributed by atoms with Crippen LogP contribution in [0.4, 0.5) is 4.39 Å². The number of hydrogen-bond donors (Lipinski definition) is 2. The number of guanidine groups is 1. The van der Waals surface area contributed by atoms with Gasteiger partial charge in [-0.05, 0) is 42.9 Å². The van der Waals surface area contributed by atoms with Gasteiger partial charge in [-0.15, -0.1) is 0 Å². The SMILES string of the molecule is CN=C(NCCCc1cnn(C)c1)NCC1(c2ccccc2F)CC1. The van der Waals surface area contributed by atoms with Crippen LogP contribution < -0.4 is 10.6 Å². The number of nitrogens with one attached hydrogen (secondary N) is 2. The summed E-state index contributed by atoms with van der Waals surface area (Å²) in [5.41, 5.74) is 1.97. The number of hydrogen-bond acceptors (Lipinski definition) is 2. The van der Waals surface area contributed by atoms with Gasteiger partial charge < -0.3 is 10.6 Å². The second-order valence-corrected chi connectivity index (χ2v) is 6.74. The van der Waals surface area contributed by atoms with Crippen molar-refractivity contribution in [2.24, 2.45) is 12.0 Å². The first-order chi connectivity index (χ1) is 12.1. The summed E-state index contributed by atoms with van der Waals surface area (Å²) < 4.78 is 15.9. The first kappa shape index (κ1) is 17.5. The van der Waals surface area contributed by atoms with Crippen molar-refractivity contribution in [3.8, 4) is 0 Å². The van der Waals surface area contributed by atoms with Crippen LogP contribution in [0.5, 0.6) is 0 Å². The molecule has 1 aliphatic rings. The zero-order valence-corrected chi connectivity index (χ0v) is 14.9. The van der Waals surface area contributed by atoms with E-state index in [4.69, 9.17) is 0 Å². The molecule has 1 heterocycles. The number of rotatable bonds is 7. The van der Waals surface area contributed by atoms with Gasteiger partial charge in [0.15, 0.2) is 5.96 Å². The third kappa shape index (κ3) is 4.38. The van der Waals surface area contributed by atoms with Crippen LogP contribution >= 0.6 is 0 Å². The Hall–Kier alpha value is -2.37. The van der Waals surface area contributed by atoms with Crippen LogP contribution in [0.25, 0.3) is 0 Å². The highest BCUT2D eigenvalue weighted by Crippen LogP contribution is 2.48. The fourth-order valence-corrected chi connectivity index (χ4v) is 3.16. The molecule has 1 aliphatic carbocycles. The lowest BCUT2D eigenvalue weighted by atomic mass is 9.95. The summed E-state index contributed by atoms with van der Waals surface area (Å²) in [6.45, 7) is 1.54. The van der Waals surface area contributed by atoms with Gasteiger partial charge in [0.1, 0.15) is 5.82 Å². The molecule has 6 heteroatoms. The summed E-state index contributed by atoms with van der Waals surface area (Å²) in [4.78, 5) is 4.27.